The molecule has 0 aromatic heterocycles. The standard InChI is InChI=1S/C20H15O8P/c21-19(22)14-6-10-17(11-7-14)27-29(25,26-16-4-2-1-3-5-16)28-18-12-8-15(9-13-18)20(23)24/h1-13H,(H,21,22)(H,23,24). The van der Waals surface area contributed by atoms with E-state index in [0.29, 0.717) is 0 Å². The summed E-state index contributed by atoms with van der Waals surface area (Å²) in [6, 6.07) is 18.6. The molecule has 0 aliphatic heterocycles. The quantitative estimate of drug-likeness (QED) is 0.508. The number of phosphoric ester groups is 1. The van der Waals surface area contributed by atoms with Crippen LogP contribution in [0.4, 0.5) is 0 Å². The summed E-state index contributed by atoms with van der Waals surface area (Å²) in [7, 11) is -4.26. The van der Waals surface area contributed by atoms with Gasteiger partial charge in [0.1, 0.15) is 17.2 Å². The van der Waals surface area contributed by atoms with E-state index in [9.17, 15) is 14.2 Å². The lowest BCUT2D eigenvalue weighted by atomic mass is 10.2. The third-order valence-corrected chi connectivity index (χ3v) is 4.90. The van der Waals surface area contributed by atoms with E-state index in [4.69, 9.17) is 23.8 Å². The van der Waals surface area contributed by atoms with Crippen molar-refractivity contribution in [3.05, 3.63) is 90.0 Å². The first-order valence-corrected chi connectivity index (χ1v) is 9.71. The molecule has 0 amide bonds. The molecule has 8 nitrogen and oxygen atoms in total. The molecular weight excluding hydrogens is 399 g/mol. The van der Waals surface area contributed by atoms with E-state index >= 15 is 0 Å². The number of phosphoric acid groups is 1. The summed E-state index contributed by atoms with van der Waals surface area (Å²) >= 11 is 0. The highest BCUT2D eigenvalue weighted by Crippen LogP contribution is 2.49. The SMILES string of the molecule is O=C(O)c1ccc(OP(=O)(Oc2ccccc2)Oc2ccc(C(=O)O)cc2)cc1. The van der Waals surface area contributed by atoms with Gasteiger partial charge in [-0.25, -0.2) is 9.59 Å². The molecule has 0 aliphatic carbocycles. The number of rotatable bonds is 8. The Kier molecular flexibility index (Phi) is 5.85. The number of para-hydroxylation sites is 1. The van der Waals surface area contributed by atoms with Gasteiger partial charge in [-0.05, 0) is 60.7 Å². The van der Waals surface area contributed by atoms with E-state index in [1.807, 2.05) is 0 Å². The number of carbonyl (C=O) groups is 2. The van der Waals surface area contributed by atoms with Crippen LogP contribution in [0.15, 0.2) is 78.9 Å². The molecule has 0 aliphatic rings. The average Bonchev–Trinajstić information content (AvgIpc) is 2.69. The summed E-state index contributed by atoms with van der Waals surface area (Å²) in [6.07, 6.45) is 0. The molecule has 0 atom stereocenters. The van der Waals surface area contributed by atoms with Crippen LogP contribution < -0.4 is 13.6 Å². The third kappa shape index (κ3) is 5.37. The minimum atomic E-state index is -4.26. The van der Waals surface area contributed by atoms with Gasteiger partial charge < -0.3 is 23.8 Å². The average molecular weight is 414 g/mol. The Bertz CT molecular complexity index is 983. The van der Waals surface area contributed by atoms with Crippen LogP contribution in [0.3, 0.4) is 0 Å². The second-order valence-corrected chi connectivity index (χ2v) is 7.14. The third-order valence-electron chi connectivity index (χ3n) is 3.60. The highest BCUT2D eigenvalue weighted by atomic mass is 31.2. The van der Waals surface area contributed by atoms with E-state index in [-0.39, 0.29) is 28.4 Å². The highest BCUT2D eigenvalue weighted by molar-refractivity contribution is 7.49. The van der Waals surface area contributed by atoms with E-state index in [2.05, 4.69) is 0 Å². The van der Waals surface area contributed by atoms with Crippen LogP contribution in [0, 0.1) is 0 Å². The van der Waals surface area contributed by atoms with Gasteiger partial charge in [-0.3, -0.25) is 0 Å². The molecule has 9 heteroatoms. The molecule has 2 N–H and O–H groups in total. The molecule has 0 spiro atoms. The summed E-state index contributed by atoms with van der Waals surface area (Å²) in [5, 5.41) is 17.9. The fraction of sp³-hybridized carbons (Fsp3) is 0. The Morgan fingerprint density at radius 2 is 0.931 bits per heavy atom. The maximum Gasteiger partial charge on any atom is 0.647 e. The Morgan fingerprint density at radius 3 is 1.28 bits per heavy atom. The van der Waals surface area contributed by atoms with Crippen molar-refractivity contribution >= 4 is 19.8 Å². The van der Waals surface area contributed by atoms with E-state index in [0.717, 1.165) is 0 Å². The van der Waals surface area contributed by atoms with E-state index in [1.165, 1.54) is 48.5 Å². The summed E-state index contributed by atoms with van der Waals surface area (Å²) < 4.78 is 29.6. The summed E-state index contributed by atoms with van der Waals surface area (Å²) in [6.45, 7) is 0. The molecular formula is C20H15O8P. The Morgan fingerprint density at radius 1 is 0.586 bits per heavy atom. The van der Waals surface area contributed by atoms with Crippen molar-refractivity contribution in [1.82, 2.24) is 0 Å². The Balaban J connectivity index is 1.87. The molecule has 3 aromatic rings. The zero-order chi connectivity index (χ0) is 20.9. The number of hydrogen-bond acceptors (Lipinski definition) is 6. The van der Waals surface area contributed by atoms with Crippen molar-refractivity contribution in [3.8, 4) is 17.2 Å². The van der Waals surface area contributed by atoms with Crippen molar-refractivity contribution < 1.29 is 37.9 Å². The van der Waals surface area contributed by atoms with Crippen molar-refractivity contribution in [2.24, 2.45) is 0 Å². The van der Waals surface area contributed by atoms with Gasteiger partial charge in [-0.2, -0.15) is 4.57 Å². The first kappa shape index (κ1) is 20.0. The lowest BCUT2D eigenvalue weighted by Crippen LogP contribution is -2.08. The van der Waals surface area contributed by atoms with Gasteiger partial charge in [-0.15, -0.1) is 0 Å². The molecule has 0 saturated heterocycles. The van der Waals surface area contributed by atoms with Crippen LogP contribution in [0.1, 0.15) is 20.7 Å². The number of carboxylic acid groups (broad SMARTS) is 2. The molecule has 0 bridgehead atoms. The summed E-state index contributed by atoms with van der Waals surface area (Å²) in [5.74, 6) is -1.88. The van der Waals surface area contributed by atoms with Crippen LogP contribution in [0.2, 0.25) is 0 Å². The van der Waals surface area contributed by atoms with Crippen LogP contribution in [-0.2, 0) is 4.57 Å². The smallest absolute Gasteiger partial charge is 0.478 e. The molecule has 29 heavy (non-hydrogen) atoms. The Labute approximate surface area is 165 Å². The minimum absolute atomic E-state index is 0.0290. The summed E-state index contributed by atoms with van der Waals surface area (Å²) in [4.78, 5) is 21.9. The van der Waals surface area contributed by atoms with Gasteiger partial charge in [0, 0.05) is 0 Å². The van der Waals surface area contributed by atoms with Crippen LogP contribution in [0.5, 0.6) is 17.2 Å². The number of aromatic carboxylic acids is 2. The van der Waals surface area contributed by atoms with Crippen molar-refractivity contribution in [2.75, 3.05) is 0 Å². The van der Waals surface area contributed by atoms with Gasteiger partial charge in [0.05, 0.1) is 11.1 Å². The predicted octanol–water partition coefficient (Wildman–Crippen LogP) is 4.73. The van der Waals surface area contributed by atoms with Gasteiger partial charge in [0.15, 0.2) is 0 Å². The molecule has 3 rings (SSSR count). The lowest BCUT2D eigenvalue weighted by molar-refractivity contribution is 0.0686. The molecule has 3 aromatic carbocycles. The normalized spacial score (nSPS) is 10.8. The maximum atomic E-state index is 13.3. The van der Waals surface area contributed by atoms with E-state index < -0.39 is 19.8 Å². The number of carboxylic acids is 2. The molecule has 0 heterocycles. The fourth-order valence-corrected chi connectivity index (χ4v) is 3.49. The molecule has 148 valence electrons. The Hall–Kier alpha value is -3.77. The second kappa shape index (κ2) is 8.50. The van der Waals surface area contributed by atoms with Crippen LogP contribution >= 0.6 is 7.82 Å². The molecule has 0 saturated carbocycles. The number of benzene rings is 3. The largest absolute Gasteiger partial charge is 0.647 e. The van der Waals surface area contributed by atoms with Crippen LogP contribution in [-0.4, -0.2) is 22.2 Å². The van der Waals surface area contributed by atoms with E-state index in [1.54, 1.807) is 30.3 Å². The van der Waals surface area contributed by atoms with Gasteiger partial charge in [0.2, 0.25) is 0 Å². The van der Waals surface area contributed by atoms with Crippen LogP contribution in [0.25, 0.3) is 0 Å². The van der Waals surface area contributed by atoms with Gasteiger partial charge in [-0.1, -0.05) is 18.2 Å². The zero-order valence-corrected chi connectivity index (χ0v) is 15.7. The lowest BCUT2D eigenvalue weighted by Gasteiger charge is -2.19. The maximum absolute atomic E-state index is 13.3. The van der Waals surface area contributed by atoms with Crippen molar-refractivity contribution in [2.45, 2.75) is 0 Å². The number of hydrogen-bond donors (Lipinski definition) is 2. The van der Waals surface area contributed by atoms with Crippen molar-refractivity contribution in [1.29, 1.82) is 0 Å². The minimum Gasteiger partial charge on any atom is -0.478 e. The first-order chi connectivity index (χ1) is 13.8. The van der Waals surface area contributed by atoms with Gasteiger partial charge >= 0.3 is 19.8 Å². The van der Waals surface area contributed by atoms with Crippen molar-refractivity contribution in [3.63, 3.8) is 0 Å². The molecule has 0 unspecified atom stereocenters. The first-order valence-electron chi connectivity index (χ1n) is 8.25. The fourth-order valence-electron chi connectivity index (χ4n) is 2.24. The van der Waals surface area contributed by atoms with Gasteiger partial charge in [0.25, 0.3) is 0 Å². The summed E-state index contributed by atoms with van der Waals surface area (Å²) in [5.41, 5.74) is 0.0580. The zero-order valence-electron chi connectivity index (χ0n) is 14.8. The second-order valence-electron chi connectivity index (χ2n) is 5.69. The topological polar surface area (TPSA) is 119 Å². The highest BCUT2D eigenvalue weighted by Gasteiger charge is 2.33. The predicted molar refractivity (Wildman–Crippen MR) is 103 cm³/mol. The molecule has 0 radical (unpaired) electrons. The monoisotopic (exact) mass is 414 g/mol. The molecule has 0 fully saturated rings.